The SMILES string of the molecule is CN(Cc1ccco1)C1CCCCC1N(C)C(=O)c1ccc(C(F)(F)F)cc1. The molecule has 3 rings (SSSR count). The lowest BCUT2D eigenvalue weighted by atomic mass is 9.88. The van der Waals surface area contributed by atoms with Gasteiger partial charge in [-0.1, -0.05) is 12.8 Å². The van der Waals surface area contributed by atoms with Crippen molar-refractivity contribution in [2.75, 3.05) is 14.1 Å². The average Bonchev–Trinajstić information content (AvgIpc) is 3.19. The Bertz CT molecular complexity index is 772. The highest BCUT2D eigenvalue weighted by Gasteiger charge is 2.34. The standard InChI is InChI=1S/C21H25F3N2O2/c1-25(14-17-6-5-13-28-17)18-7-3-4-8-19(18)26(2)20(27)15-9-11-16(12-10-15)21(22,23)24/h5-6,9-13,18-19H,3-4,7-8,14H2,1-2H3. The quantitative estimate of drug-likeness (QED) is 0.730. The van der Waals surface area contributed by atoms with Crippen LogP contribution >= 0.6 is 0 Å². The average molecular weight is 394 g/mol. The third-order valence-corrected chi connectivity index (χ3v) is 5.52. The van der Waals surface area contributed by atoms with E-state index >= 15 is 0 Å². The van der Waals surface area contributed by atoms with E-state index in [1.54, 1.807) is 18.2 Å². The maximum absolute atomic E-state index is 12.9. The molecular formula is C21H25F3N2O2. The number of carbonyl (C=O) groups is 1. The van der Waals surface area contributed by atoms with Crippen LogP contribution in [0.5, 0.6) is 0 Å². The topological polar surface area (TPSA) is 36.7 Å². The Labute approximate surface area is 162 Å². The maximum atomic E-state index is 12.9. The smallest absolute Gasteiger partial charge is 0.416 e. The summed E-state index contributed by atoms with van der Waals surface area (Å²) in [6, 6.07) is 8.38. The molecule has 2 aromatic rings. The lowest BCUT2D eigenvalue weighted by Gasteiger charge is -2.42. The van der Waals surface area contributed by atoms with E-state index in [4.69, 9.17) is 4.42 Å². The van der Waals surface area contributed by atoms with Crippen molar-refractivity contribution in [2.24, 2.45) is 0 Å². The second kappa shape index (κ2) is 8.39. The number of alkyl halides is 3. The van der Waals surface area contributed by atoms with Gasteiger partial charge in [-0.3, -0.25) is 9.69 Å². The molecule has 2 atom stereocenters. The number of benzene rings is 1. The monoisotopic (exact) mass is 394 g/mol. The predicted octanol–water partition coefficient (Wildman–Crippen LogP) is 4.81. The van der Waals surface area contributed by atoms with Crippen LogP contribution in [-0.4, -0.2) is 41.9 Å². The molecule has 1 saturated carbocycles. The molecule has 1 aromatic carbocycles. The van der Waals surface area contributed by atoms with Gasteiger partial charge in [0.1, 0.15) is 5.76 Å². The minimum absolute atomic E-state index is 0.00325. The Morgan fingerprint density at radius 1 is 1.07 bits per heavy atom. The molecule has 4 nitrogen and oxygen atoms in total. The van der Waals surface area contributed by atoms with Crippen LogP contribution in [-0.2, 0) is 12.7 Å². The molecule has 1 aliphatic rings. The van der Waals surface area contributed by atoms with E-state index in [0.717, 1.165) is 43.6 Å². The molecule has 1 heterocycles. The molecular weight excluding hydrogens is 369 g/mol. The first-order valence-electron chi connectivity index (χ1n) is 9.44. The first-order chi connectivity index (χ1) is 13.3. The van der Waals surface area contributed by atoms with E-state index in [1.165, 1.54) is 12.1 Å². The van der Waals surface area contributed by atoms with E-state index in [0.29, 0.717) is 6.54 Å². The van der Waals surface area contributed by atoms with Crippen LogP contribution in [0, 0.1) is 0 Å². The number of carbonyl (C=O) groups excluding carboxylic acids is 1. The van der Waals surface area contributed by atoms with Crippen molar-refractivity contribution in [1.82, 2.24) is 9.80 Å². The fourth-order valence-electron chi connectivity index (χ4n) is 3.98. The largest absolute Gasteiger partial charge is 0.468 e. The van der Waals surface area contributed by atoms with Gasteiger partial charge in [0.05, 0.1) is 18.4 Å². The third-order valence-electron chi connectivity index (χ3n) is 5.52. The summed E-state index contributed by atoms with van der Waals surface area (Å²) in [6.45, 7) is 0.649. The van der Waals surface area contributed by atoms with Crippen LogP contribution in [0.25, 0.3) is 0 Å². The van der Waals surface area contributed by atoms with Gasteiger partial charge in [-0.25, -0.2) is 0 Å². The van der Waals surface area contributed by atoms with E-state index in [2.05, 4.69) is 4.90 Å². The zero-order valence-electron chi connectivity index (χ0n) is 16.1. The highest BCUT2D eigenvalue weighted by Crippen LogP contribution is 2.30. The first-order valence-corrected chi connectivity index (χ1v) is 9.44. The number of nitrogens with zero attached hydrogens (tertiary/aromatic N) is 2. The predicted molar refractivity (Wildman–Crippen MR) is 99.8 cm³/mol. The number of furan rings is 1. The maximum Gasteiger partial charge on any atom is 0.416 e. The fraction of sp³-hybridized carbons (Fsp3) is 0.476. The van der Waals surface area contributed by atoms with E-state index in [9.17, 15) is 18.0 Å². The van der Waals surface area contributed by atoms with Crippen LogP contribution in [0.4, 0.5) is 13.2 Å². The Morgan fingerprint density at radius 3 is 2.29 bits per heavy atom. The molecule has 28 heavy (non-hydrogen) atoms. The van der Waals surface area contributed by atoms with Crippen molar-refractivity contribution < 1.29 is 22.4 Å². The molecule has 0 saturated heterocycles. The summed E-state index contributed by atoms with van der Waals surface area (Å²) in [5.74, 6) is 0.612. The van der Waals surface area contributed by atoms with Gasteiger partial charge in [0.25, 0.3) is 5.91 Å². The number of amides is 1. The van der Waals surface area contributed by atoms with Crippen molar-refractivity contribution in [2.45, 2.75) is 50.5 Å². The van der Waals surface area contributed by atoms with Crippen molar-refractivity contribution in [3.63, 3.8) is 0 Å². The highest BCUT2D eigenvalue weighted by atomic mass is 19.4. The van der Waals surface area contributed by atoms with Crippen molar-refractivity contribution in [3.05, 3.63) is 59.5 Å². The summed E-state index contributed by atoms with van der Waals surface area (Å²) in [5, 5.41) is 0. The summed E-state index contributed by atoms with van der Waals surface area (Å²) in [7, 11) is 3.76. The number of halogens is 3. The van der Waals surface area contributed by atoms with Gasteiger partial charge < -0.3 is 9.32 Å². The summed E-state index contributed by atoms with van der Waals surface area (Å²) in [4.78, 5) is 16.8. The van der Waals surface area contributed by atoms with Crippen molar-refractivity contribution in [1.29, 1.82) is 0 Å². The number of rotatable bonds is 5. The molecule has 1 aromatic heterocycles. The number of likely N-dealkylation sites (N-methyl/N-ethyl adjacent to an activating group) is 2. The molecule has 2 unspecified atom stereocenters. The fourth-order valence-corrected chi connectivity index (χ4v) is 3.98. The zero-order chi connectivity index (χ0) is 20.3. The molecule has 7 heteroatoms. The van der Waals surface area contributed by atoms with Gasteiger partial charge >= 0.3 is 6.18 Å². The van der Waals surface area contributed by atoms with Gasteiger partial charge in [0, 0.05) is 24.7 Å². The van der Waals surface area contributed by atoms with E-state index < -0.39 is 11.7 Å². The second-order valence-corrected chi connectivity index (χ2v) is 7.40. The number of hydrogen-bond donors (Lipinski definition) is 0. The van der Waals surface area contributed by atoms with Crippen molar-refractivity contribution >= 4 is 5.91 Å². The van der Waals surface area contributed by atoms with Crippen molar-refractivity contribution in [3.8, 4) is 0 Å². The lowest BCUT2D eigenvalue weighted by molar-refractivity contribution is -0.137. The third kappa shape index (κ3) is 4.58. The molecule has 0 aliphatic heterocycles. The van der Waals surface area contributed by atoms with Gasteiger partial charge in [-0.15, -0.1) is 0 Å². The summed E-state index contributed by atoms with van der Waals surface area (Å²) >= 11 is 0. The van der Waals surface area contributed by atoms with E-state index in [-0.39, 0.29) is 23.6 Å². The summed E-state index contributed by atoms with van der Waals surface area (Å²) < 4.78 is 43.7. The van der Waals surface area contributed by atoms with Gasteiger partial charge in [0.2, 0.25) is 0 Å². The van der Waals surface area contributed by atoms with Crippen LogP contribution < -0.4 is 0 Å². The highest BCUT2D eigenvalue weighted by molar-refractivity contribution is 5.94. The van der Waals surface area contributed by atoms with Crippen LogP contribution in [0.15, 0.2) is 47.1 Å². The molecule has 1 fully saturated rings. The molecule has 0 radical (unpaired) electrons. The Kier molecular flexibility index (Phi) is 6.13. The Balaban J connectivity index is 1.72. The molecule has 0 bridgehead atoms. The Morgan fingerprint density at radius 2 is 1.71 bits per heavy atom. The second-order valence-electron chi connectivity index (χ2n) is 7.40. The van der Waals surface area contributed by atoms with E-state index in [1.807, 2.05) is 19.2 Å². The van der Waals surface area contributed by atoms with Gasteiger partial charge in [-0.05, 0) is 56.3 Å². The van der Waals surface area contributed by atoms with Gasteiger partial charge in [-0.2, -0.15) is 13.2 Å². The first kappa shape index (κ1) is 20.5. The van der Waals surface area contributed by atoms with Crippen LogP contribution in [0.3, 0.4) is 0 Å². The normalized spacial score (nSPS) is 20.4. The molecule has 0 N–H and O–H groups in total. The van der Waals surface area contributed by atoms with Crippen LogP contribution in [0.1, 0.15) is 47.4 Å². The van der Waals surface area contributed by atoms with Crippen LogP contribution in [0.2, 0.25) is 0 Å². The molecule has 152 valence electrons. The van der Waals surface area contributed by atoms with Gasteiger partial charge in [0.15, 0.2) is 0 Å². The Hall–Kier alpha value is -2.28. The lowest BCUT2D eigenvalue weighted by Crippen LogP contribution is -2.52. The zero-order valence-corrected chi connectivity index (χ0v) is 16.1. The summed E-state index contributed by atoms with van der Waals surface area (Å²) in [5.41, 5.74) is -0.478. The number of hydrogen-bond acceptors (Lipinski definition) is 3. The minimum atomic E-state index is -4.41. The summed E-state index contributed by atoms with van der Waals surface area (Å²) in [6.07, 6.45) is 1.19. The molecule has 0 spiro atoms. The molecule has 1 amide bonds. The minimum Gasteiger partial charge on any atom is -0.468 e. The molecule has 1 aliphatic carbocycles.